The first-order valence-corrected chi connectivity index (χ1v) is 5.85. The summed E-state index contributed by atoms with van der Waals surface area (Å²) in [5.41, 5.74) is 3.85. The van der Waals surface area contributed by atoms with Crippen molar-refractivity contribution in [3.8, 4) is 0 Å². The van der Waals surface area contributed by atoms with Crippen LogP contribution < -0.4 is 11.3 Å². The molecule has 0 saturated carbocycles. The Kier molecular flexibility index (Phi) is 5.42. The second kappa shape index (κ2) is 6.85. The average Bonchev–Trinajstić information content (AvgIpc) is 2.34. The summed E-state index contributed by atoms with van der Waals surface area (Å²) in [5.74, 6) is 6.24. The number of nitrogens with zero attached hydrogens (tertiary/aromatic N) is 3. The quantitative estimate of drug-likeness (QED) is 0.355. The van der Waals surface area contributed by atoms with E-state index in [1.54, 1.807) is 12.4 Å². The first-order chi connectivity index (χ1) is 8.17. The van der Waals surface area contributed by atoms with Gasteiger partial charge in [0.25, 0.3) is 0 Å². The van der Waals surface area contributed by atoms with Crippen molar-refractivity contribution in [2.45, 2.75) is 33.4 Å². The lowest BCUT2D eigenvalue weighted by atomic mass is 10.2. The van der Waals surface area contributed by atoms with Crippen molar-refractivity contribution < 1.29 is 0 Å². The number of pyridine rings is 1. The highest BCUT2D eigenvalue weighted by molar-refractivity contribution is 5.79. The molecule has 0 amide bonds. The van der Waals surface area contributed by atoms with Crippen LogP contribution in [0.4, 0.5) is 0 Å². The molecular formula is C12H21N5. The van der Waals surface area contributed by atoms with Crippen LogP contribution in [0.1, 0.15) is 26.3 Å². The van der Waals surface area contributed by atoms with Gasteiger partial charge in [-0.1, -0.05) is 0 Å². The van der Waals surface area contributed by atoms with Crippen LogP contribution in [0.5, 0.6) is 0 Å². The summed E-state index contributed by atoms with van der Waals surface area (Å²) in [5, 5.41) is 0. The fourth-order valence-corrected chi connectivity index (χ4v) is 1.50. The second-order valence-electron chi connectivity index (χ2n) is 4.06. The van der Waals surface area contributed by atoms with Gasteiger partial charge < -0.3 is 4.90 Å². The smallest absolute Gasteiger partial charge is 0.208 e. The van der Waals surface area contributed by atoms with Crippen LogP contribution in [0.3, 0.4) is 0 Å². The maximum Gasteiger partial charge on any atom is 0.208 e. The van der Waals surface area contributed by atoms with Crippen molar-refractivity contribution in [3.63, 3.8) is 0 Å². The predicted octanol–water partition coefficient (Wildman–Crippen LogP) is 1.13. The third kappa shape index (κ3) is 4.40. The predicted molar refractivity (Wildman–Crippen MR) is 70.2 cm³/mol. The number of guanidine groups is 1. The Morgan fingerprint density at radius 2 is 2.12 bits per heavy atom. The Balaban J connectivity index is 2.77. The number of hydrazine groups is 1. The highest BCUT2D eigenvalue weighted by atomic mass is 15.4. The van der Waals surface area contributed by atoms with Gasteiger partial charge in [-0.3, -0.25) is 10.4 Å². The SMILES string of the molecule is CCN(Cc1ccncc1)C(=NC(C)C)NN. The van der Waals surface area contributed by atoms with E-state index in [9.17, 15) is 0 Å². The van der Waals surface area contributed by atoms with Gasteiger partial charge in [0.05, 0.1) is 0 Å². The Labute approximate surface area is 103 Å². The largest absolute Gasteiger partial charge is 0.338 e. The molecule has 0 saturated heterocycles. The Hall–Kier alpha value is -1.62. The van der Waals surface area contributed by atoms with Gasteiger partial charge in [0, 0.05) is 31.5 Å². The molecule has 3 N–H and O–H groups in total. The van der Waals surface area contributed by atoms with E-state index in [1.165, 1.54) is 5.56 Å². The van der Waals surface area contributed by atoms with Crippen molar-refractivity contribution in [1.29, 1.82) is 0 Å². The molecule has 1 aromatic rings. The molecule has 0 aliphatic carbocycles. The van der Waals surface area contributed by atoms with Crippen molar-refractivity contribution >= 4 is 5.96 Å². The molecule has 0 bridgehead atoms. The third-order valence-electron chi connectivity index (χ3n) is 2.31. The van der Waals surface area contributed by atoms with Crippen LogP contribution in [0.2, 0.25) is 0 Å². The Morgan fingerprint density at radius 1 is 1.47 bits per heavy atom. The van der Waals surface area contributed by atoms with Gasteiger partial charge in [0.2, 0.25) is 5.96 Å². The molecule has 0 unspecified atom stereocenters. The minimum absolute atomic E-state index is 0.215. The van der Waals surface area contributed by atoms with E-state index in [2.05, 4.69) is 27.2 Å². The summed E-state index contributed by atoms with van der Waals surface area (Å²) in [6.45, 7) is 7.75. The lowest BCUT2D eigenvalue weighted by molar-refractivity contribution is 0.415. The highest BCUT2D eigenvalue weighted by Gasteiger charge is 2.09. The summed E-state index contributed by atoms with van der Waals surface area (Å²) in [6, 6.07) is 4.20. The molecule has 1 heterocycles. The zero-order chi connectivity index (χ0) is 12.7. The summed E-state index contributed by atoms with van der Waals surface area (Å²) in [7, 11) is 0. The number of hydrogen-bond acceptors (Lipinski definition) is 3. The zero-order valence-electron chi connectivity index (χ0n) is 10.7. The van der Waals surface area contributed by atoms with Crippen molar-refractivity contribution in [3.05, 3.63) is 30.1 Å². The molecule has 1 rings (SSSR count). The number of nitrogens with two attached hydrogens (primary N) is 1. The number of nitrogens with one attached hydrogen (secondary N) is 1. The molecular weight excluding hydrogens is 214 g/mol. The van der Waals surface area contributed by atoms with Gasteiger partial charge in [0.1, 0.15) is 0 Å². The van der Waals surface area contributed by atoms with Crippen molar-refractivity contribution in [1.82, 2.24) is 15.3 Å². The van der Waals surface area contributed by atoms with Crippen LogP contribution in [-0.4, -0.2) is 28.4 Å². The van der Waals surface area contributed by atoms with Crippen LogP contribution in [0, 0.1) is 0 Å². The Morgan fingerprint density at radius 3 is 2.59 bits per heavy atom. The van der Waals surface area contributed by atoms with E-state index in [-0.39, 0.29) is 6.04 Å². The van der Waals surface area contributed by atoms with Gasteiger partial charge in [0.15, 0.2) is 0 Å². The molecule has 17 heavy (non-hydrogen) atoms. The van der Waals surface area contributed by atoms with Crippen LogP contribution in [-0.2, 0) is 6.54 Å². The minimum atomic E-state index is 0.215. The summed E-state index contributed by atoms with van der Waals surface area (Å²) >= 11 is 0. The molecule has 0 aliphatic heterocycles. The summed E-state index contributed by atoms with van der Waals surface area (Å²) in [6.07, 6.45) is 3.58. The summed E-state index contributed by atoms with van der Waals surface area (Å²) < 4.78 is 0. The Bertz CT molecular complexity index is 347. The fourth-order valence-electron chi connectivity index (χ4n) is 1.50. The maximum atomic E-state index is 5.52. The summed E-state index contributed by atoms with van der Waals surface area (Å²) in [4.78, 5) is 10.5. The van der Waals surface area contributed by atoms with Gasteiger partial charge in [-0.15, -0.1) is 0 Å². The van der Waals surface area contributed by atoms with Gasteiger partial charge in [-0.05, 0) is 38.5 Å². The first kappa shape index (κ1) is 13.4. The normalized spacial score (nSPS) is 11.7. The standard InChI is InChI=1S/C12H21N5/c1-4-17(12(16-13)15-10(2)3)9-11-5-7-14-8-6-11/h5-8,10H,4,9,13H2,1-3H3,(H,15,16). The zero-order valence-corrected chi connectivity index (χ0v) is 10.7. The van der Waals surface area contributed by atoms with E-state index in [0.717, 1.165) is 19.0 Å². The molecule has 5 heteroatoms. The number of hydrogen-bond donors (Lipinski definition) is 2. The van der Waals surface area contributed by atoms with E-state index >= 15 is 0 Å². The molecule has 0 fully saturated rings. The minimum Gasteiger partial charge on any atom is -0.338 e. The molecule has 1 aromatic heterocycles. The number of rotatable bonds is 4. The molecule has 0 aromatic carbocycles. The first-order valence-electron chi connectivity index (χ1n) is 5.85. The topological polar surface area (TPSA) is 66.5 Å². The number of aliphatic imine (C=N–C) groups is 1. The van der Waals surface area contributed by atoms with Gasteiger partial charge in [-0.2, -0.15) is 0 Å². The monoisotopic (exact) mass is 235 g/mol. The van der Waals surface area contributed by atoms with Crippen LogP contribution in [0.25, 0.3) is 0 Å². The third-order valence-corrected chi connectivity index (χ3v) is 2.31. The van der Waals surface area contributed by atoms with Gasteiger partial charge in [-0.25, -0.2) is 10.8 Å². The van der Waals surface area contributed by atoms with Crippen LogP contribution >= 0.6 is 0 Å². The van der Waals surface area contributed by atoms with Crippen molar-refractivity contribution in [2.24, 2.45) is 10.8 Å². The molecule has 0 aliphatic rings. The fraction of sp³-hybridized carbons (Fsp3) is 0.500. The molecule has 0 radical (unpaired) electrons. The van der Waals surface area contributed by atoms with E-state index in [4.69, 9.17) is 5.84 Å². The maximum absolute atomic E-state index is 5.52. The molecule has 94 valence electrons. The molecule has 0 atom stereocenters. The van der Waals surface area contributed by atoms with Gasteiger partial charge >= 0.3 is 0 Å². The molecule has 0 spiro atoms. The second-order valence-corrected chi connectivity index (χ2v) is 4.06. The average molecular weight is 235 g/mol. The molecule has 5 nitrogen and oxygen atoms in total. The lowest BCUT2D eigenvalue weighted by Gasteiger charge is -2.24. The number of aromatic nitrogens is 1. The van der Waals surface area contributed by atoms with E-state index < -0.39 is 0 Å². The highest BCUT2D eigenvalue weighted by Crippen LogP contribution is 2.04. The van der Waals surface area contributed by atoms with Crippen LogP contribution in [0.15, 0.2) is 29.5 Å². The van der Waals surface area contributed by atoms with E-state index in [0.29, 0.717) is 0 Å². The van der Waals surface area contributed by atoms with Crippen molar-refractivity contribution in [2.75, 3.05) is 6.54 Å². The van der Waals surface area contributed by atoms with E-state index in [1.807, 2.05) is 26.0 Å². The lowest BCUT2D eigenvalue weighted by Crippen LogP contribution is -2.44.